The van der Waals surface area contributed by atoms with Crippen LogP contribution in [0.15, 0.2) is 30.5 Å². The molecule has 0 atom stereocenters. The fourth-order valence-corrected chi connectivity index (χ4v) is 2.34. The number of hydrogen-bond acceptors (Lipinski definition) is 2. The topological polar surface area (TPSA) is 29.9 Å². The predicted octanol–water partition coefficient (Wildman–Crippen LogP) is 3.43. The lowest BCUT2D eigenvalue weighted by Crippen LogP contribution is -2.25. The first-order valence-corrected chi connectivity index (χ1v) is 7.44. The third-order valence-electron chi connectivity index (χ3n) is 3.43. The van der Waals surface area contributed by atoms with Crippen molar-refractivity contribution < 1.29 is 0 Å². The maximum Gasteiger partial charge on any atom is 0.0815 e. The minimum atomic E-state index is 0.523. The van der Waals surface area contributed by atoms with Crippen LogP contribution in [0.25, 0.3) is 0 Å². The monoisotopic (exact) mass is 291 g/mol. The van der Waals surface area contributed by atoms with Gasteiger partial charge in [-0.1, -0.05) is 49.7 Å². The van der Waals surface area contributed by atoms with Crippen molar-refractivity contribution in [2.24, 2.45) is 0 Å². The van der Waals surface area contributed by atoms with Gasteiger partial charge >= 0.3 is 0 Å². The first kappa shape index (κ1) is 15.1. The predicted molar refractivity (Wildman–Crippen MR) is 84.4 cm³/mol. The van der Waals surface area contributed by atoms with Crippen molar-refractivity contribution in [3.05, 3.63) is 52.3 Å². The summed E-state index contributed by atoms with van der Waals surface area (Å²) in [4.78, 5) is 0. The summed E-state index contributed by atoms with van der Waals surface area (Å²) in [7, 11) is 0. The van der Waals surface area contributed by atoms with Crippen LogP contribution in [-0.4, -0.2) is 22.4 Å². The largest absolute Gasteiger partial charge is 0.314 e. The molecule has 0 unspecified atom stereocenters. The Labute approximate surface area is 126 Å². The average Bonchev–Trinajstić information content (AvgIpc) is 2.72. The van der Waals surface area contributed by atoms with Gasteiger partial charge in [0.25, 0.3) is 0 Å². The lowest BCUT2D eigenvalue weighted by atomic mass is 10.0. The van der Waals surface area contributed by atoms with Crippen molar-refractivity contribution in [2.45, 2.75) is 39.8 Å². The van der Waals surface area contributed by atoms with Gasteiger partial charge in [0, 0.05) is 6.04 Å². The molecule has 0 aliphatic rings. The van der Waals surface area contributed by atoms with E-state index in [9.17, 15) is 0 Å². The van der Waals surface area contributed by atoms with E-state index in [0.717, 1.165) is 30.2 Å². The summed E-state index contributed by atoms with van der Waals surface area (Å²) in [6.07, 6.45) is 2.74. The second-order valence-electron chi connectivity index (χ2n) is 5.36. The van der Waals surface area contributed by atoms with Crippen LogP contribution in [0.3, 0.4) is 0 Å². The van der Waals surface area contributed by atoms with Crippen molar-refractivity contribution in [3.8, 4) is 0 Å². The fraction of sp³-hybridized carbons (Fsp3) is 0.438. The zero-order chi connectivity index (χ0) is 14.5. The minimum Gasteiger partial charge on any atom is -0.314 e. The molecule has 0 aliphatic heterocycles. The molecule has 1 aromatic carbocycles. The van der Waals surface area contributed by atoms with E-state index in [1.165, 1.54) is 11.1 Å². The number of halogens is 1. The average molecular weight is 292 g/mol. The van der Waals surface area contributed by atoms with E-state index in [2.05, 4.69) is 48.5 Å². The zero-order valence-electron chi connectivity index (χ0n) is 12.4. The Morgan fingerprint density at radius 1 is 1.25 bits per heavy atom. The minimum absolute atomic E-state index is 0.523. The molecule has 0 amide bonds. The molecule has 0 fully saturated rings. The van der Waals surface area contributed by atoms with E-state index in [1.807, 2.05) is 11.6 Å². The number of nitrogens with one attached hydrogen (secondary N) is 1. The standard InChI is InChI=1S/C16H22ClN3/c1-12(2)18-9-8-14-6-4-5-7-15(14)11-20-13(3)16(17)10-19-20/h4-7,10,12,18H,8-9,11H2,1-3H3. The highest BCUT2D eigenvalue weighted by Crippen LogP contribution is 2.17. The molecule has 0 bridgehead atoms. The lowest BCUT2D eigenvalue weighted by Gasteiger charge is -2.12. The molecule has 0 radical (unpaired) electrons. The van der Waals surface area contributed by atoms with Crippen molar-refractivity contribution in [1.29, 1.82) is 0 Å². The number of benzene rings is 1. The molecule has 0 spiro atoms. The van der Waals surface area contributed by atoms with Crippen LogP contribution in [0, 0.1) is 6.92 Å². The molecule has 4 heteroatoms. The van der Waals surface area contributed by atoms with Gasteiger partial charge in [-0.2, -0.15) is 5.10 Å². The van der Waals surface area contributed by atoms with Gasteiger partial charge in [0.15, 0.2) is 0 Å². The van der Waals surface area contributed by atoms with Crippen molar-refractivity contribution in [3.63, 3.8) is 0 Å². The summed E-state index contributed by atoms with van der Waals surface area (Å²) in [5.74, 6) is 0. The van der Waals surface area contributed by atoms with Gasteiger partial charge in [0.1, 0.15) is 0 Å². The van der Waals surface area contributed by atoms with E-state index in [0.29, 0.717) is 6.04 Å². The first-order valence-electron chi connectivity index (χ1n) is 7.06. The van der Waals surface area contributed by atoms with Gasteiger partial charge < -0.3 is 5.32 Å². The van der Waals surface area contributed by atoms with Crippen LogP contribution in [-0.2, 0) is 13.0 Å². The molecule has 3 nitrogen and oxygen atoms in total. The molecular formula is C16H22ClN3. The van der Waals surface area contributed by atoms with Crippen molar-refractivity contribution in [2.75, 3.05) is 6.54 Å². The number of nitrogens with zero attached hydrogens (tertiary/aromatic N) is 2. The highest BCUT2D eigenvalue weighted by molar-refractivity contribution is 6.31. The van der Waals surface area contributed by atoms with Crippen LogP contribution >= 0.6 is 11.6 Å². The molecule has 2 rings (SSSR count). The second kappa shape index (κ2) is 6.91. The highest BCUT2D eigenvalue weighted by atomic mass is 35.5. The molecular weight excluding hydrogens is 270 g/mol. The van der Waals surface area contributed by atoms with Gasteiger partial charge in [-0.15, -0.1) is 0 Å². The third-order valence-corrected chi connectivity index (χ3v) is 3.80. The summed E-state index contributed by atoms with van der Waals surface area (Å²) in [5, 5.41) is 8.51. The smallest absolute Gasteiger partial charge is 0.0815 e. The van der Waals surface area contributed by atoms with Crippen LogP contribution in [0.5, 0.6) is 0 Å². The van der Waals surface area contributed by atoms with E-state index in [4.69, 9.17) is 11.6 Å². The number of hydrogen-bond donors (Lipinski definition) is 1. The maximum atomic E-state index is 6.06. The Morgan fingerprint density at radius 2 is 1.95 bits per heavy atom. The van der Waals surface area contributed by atoms with Crippen LogP contribution in [0.4, 0.5) is 0 Å². The summed E-state index contributed by atoms with van der Waals surface area (Å²) < 4.78 is 1.96. The Morgan fingerprint density at radius 3 is 2.55 bits per heavy atom. The molecule has 0 saturated heterocycles. The maximum absolute atomic E-state index is 6.06. The Hall–Kier alpha value is -1.32. The Balaban J connectivity index is 2.09. The molecule has 1 aromatic heterocycles. The summed E-state index contributed by atoms with van der Waals surface area (Å²) in [5.41, 5.74) is 3.69. The van der Waals surface area contributed by atoms with Gasteiger partial charge in [-0.25, -0.2) is 0 Å². The van der Waals surface area contributed by atoms with Gasteiger partial charge in [-0.05, 0) is 31.0 Å². The molecule has 0 saturated carbocycles. The number of rotatable bonds is 6. The van der Waals surface area contributed by atoms with Gasteiger partial charge in [0.2, 0.25) is 0 Å². The van der Waals surface area contributed by atoms with Crippen LogP contribution in [0.1, 0.15) is 30.7 Å². The van der Waals surface area contributed by atoms with E-state index < -0.39 is 0 Å². The van der Waals surface area contributed by atoms with E-state index in [1.54, 1.807) is 6.20 Å². The van der Waals surface area contributed by atoms with Crippen molar-refractivity contribution >= 4 is 11.6 Å². The van der Waals surface area contributed by atoms with E-state index >= 15 is 0 Å². The van der Waals surface area contributed by atoms with Crippen LogP contribution in [0.2, 0.25) is 5.02 Å². The fourth-order valence-electron chi connectivity index (χ4n) is 2.20. The second-order valence-corrected chi connectivity index (χ2v) is 5.77. The Kier molecular flexibility index (Phi) is 5.21. The molecule has 0 aliphatic carbocycles. The molecule has 20 heavy (non-hydrogen) atoms. The summed E-state index contributed by atoms with van der Waals surface area (Å²) >= 11 is 6.06. The quantitative estimate of drug-likeness (QED) is 0.884. The van der Waals surface area contributed by atoms with E-state index in [-0.39, 0.29) is 0 Å². The SMILES string of the molecule is Cc1c(Cl)cnn1Cc1ccccc1CCNC(C)C. The molecule has 1 N–H and O–H groups in total. The Bertz CT molecular complexity index is 561. The van der Waals surface area contributed by atoms with Crippen molar-refractivity contribution in [1.82, 2.24) is 15.1 Å². The molecule has 2 aromatic rings. The van der Waals surface area contributed by atoms with Gasteiger partial charge in [-0.3, -0.25) is 4.68 Å². The zero-order valence-corrected chi connectivity index (χ0v) is 13.1. The molecule has 108 valence electrons. The third kappa shape index (κ3) is 3.84. The number of aromatic nitrogens is 2. The lowest BCUT2D eigenvalue weighted by molar-refractivity contribution is 0.586. The normalized spacial score (nSPS) is 11.2. The van der Waals surface area contributed by atoms with Crippen LogP contribution < -0.4 is 5.32 Å². The summed E-state index contributed by atoms with van der Waals surface area (Å²) in [6.45, 7) is 8.10. The molecule has 1 heterocycles. The first-order chi connectivity index (χ1) is 9.58. The summed E-state index contributed by atoms with van der Waals surface area (Å²) in [6, 6.07) is 9.05. The highest BCUT2D eigenvalue weighted by Gasteiger charge is 2.07. The van der Waals surface area contributed by atoms with Gasteiger partial charge in [0.05, 0.1) is 23.5 Å².